The van der Waals surface area contributed by atoms with E-state index < -0.39 is 5.97 Å². The number of rotatable bonds is 17. The van der Waals surface area contributed by atoms with Crippen molar-refractivity contribution in [2.75, 3.05) is 6.61 Å². The van der Waals surface area contributed by atoms with Gasteiger partial charge >= 0.3 is 5.97 Å². The lowest BCUT2D eigenvalue weighted by molar-refractivity contribution is 0.0734. The standard InChI is InChI=1S/C31H40N2O4/c1-4-6-8-10-11-13-21-35-26-17-15-25(16-18-26)31(34)37-30-20-19-29(27(22-32)28(30)23-33)36-24(3)14-12-9-7-5-2/h15-20,24H,4-14,21H2,1-3H3/t24-/m1/s1. The molecule has 0 radical (unpaired) electrons. The lowest BCUT2D eigenvalue weighted by Crippen LogP contribution is -2.14. The summed E-state index contributed by atoms with van der Waals surface area (Å²) in [4.78, 5) is 12.7. The summed E-state index contributed by atoms with van der Waals surface area (Å²) < 4.78 is 17.2. The van der Waals surface area contributed by atoms with Gasteiger partial charge in [-0.3, -0.25) is 0 Å². The number of carbonyl (C=O) groups is 1. The minimum atomic E-state index is -0.610. The largest absolute Gasteiger partial charge is 0.494 e. The van der Waals surface area contributed by atoms with E-state index in [1.807, 2.05) is 19.1 Å². The monoisotopic (exact) mass is 504 g/mol. The molecule has 6 nitrogen and oxygen atoms in total. The van der Waals surface area contributed by atoms with E-state index in [0.29, 0.717) is 23.7 Å². The van der Waals surface area contributed by atoms with Gasteiger partial charge in [-0.1, -0.05) is 65.2 Å². The third-order valence-corrected chi connectivity index (χ3v) is 6.20. The zero-order valence-corrected chi connectivity index (χ0v) is 22.6. The van der Waals surface area contributed by atoms with Gasteiger partial charge in [0, 0.05) is 0 Å². The molecule has 0 bridgehead atoms. The van der Waals surface area contributed by atoms with Gasteiger partial charge in [0.25, 0.3) is 0 Å². The van der Waals surface area contributed by atoms with Gasteiger partial charge in [0.05, 0.1) is 18.3 Å². The van der Waals surface area contributed by atoms with Gasteiger partial charge < -0.3 is 14.2 Å². The molecule has 0 aliphatic carbocycles. The Labute approximate surface area is 222 Å². The van der Waals surface area contributed by atoms with Gasteiger partial charge in [-0.15, -0.1) is 0 Å². The van der Waals surface area contributed by atoms with E-state index in [9.17, 15) is 15.3 Å². The highest BCUT2D eigenvalue weighted by Crippen LogP contribution is 2.31. The van der Waals surface area contributed by atoms with E-state index in [1.54, 1.807) is 30.3 Å². The molecule has 0 unspecified atom stereocenters. The molecule has 0 aromatic heterocycles. The summed E-state index contributed by atoms with van der Waals surface area (Å²) >= 11 is 0. The van der Waals surface area contributed by atoms with Crippen LogP contribution in [0, 0.1) is 22.7 Å². The second-order valence-electron chi connectivity index (χ2n) is 9.34. The third-order valence-electron chi connectivity index (χ3n) is 6.20. The number of unbranched alkanes of at least 4 members (excludes halogenated alkanes) is 8. The average molecular weight is 505 g/mol. The first kappa shape index (κ1) is 29.7. The van der Waals surface area contributed by atoms with Gasteiger partial charge in [0.1, 0.15) is 34.8 Å². The summed E-state index contributed by atoms with van der Waals surface area (Å²) in [6, 6.07) is 13.9. The predicted octanol–water partition coefficient (Wildman–Crippen LogP) is 8.13. The number of hydrogen-bond donors (Lipinski definition) is 0. The zero-order chi connectivity index (χ0) is 26.9. The Morgan fingerprint density at radius 1 is 0.784 bits per heavy atom. The molecule has 0 aliphatic rings. The lowest BCUT2D eigenvalue weighted by Gasteiger charge is -2.17. The molecule has 6 heteroatoms. The van der Waals surface area contributed by atoms with E-state index >= 15 is 0 Å². The van der Waals surface area contributed by atoms with Crippen molar-refractivity contribution < 1.29 is 19.0 Å². The molecule has 0 saturated heterocycles. The van der Waals surface area contributed by atoms with Crippen LogP contribution in [0.4, 0.5) is 0 Å². The molecule has 37 heavy (non-hydrogen) atoms. The SMILES string of the molecule is CCCCCCCCOc1ccc(C(=O)Oc2ccc(O[C@H](C)CCCCCC)c(C#N)c2C#N)cc1. The van der Waals surface area contributed by atoms with Crippen molar-refractivity contribution in [1.82, 2.24) is 0 Å². The van der Waals surface area contributed by atoms with Crippen molar-refractivity contribution in [1.29, 1.82) is 10.5 Å². The Kier molecular flexibility index (Phi) is 13.7. The van der Waals surface area contributed by atoms with Crippen LogP contribution in [0.1, 0.15) is 113 Å². The molecule has 2 aromatic rings. The highest BCUT2D eigenvalue weighted by molar-refractivity contribution is 5.91. The van der Waals surface area contributed by atoms with Crippen molar-refractivity contribution >= 4 is 5.97 Å². The van der Waals surface area contributed by atoms with Crippen LogP contribution in [0.2, 0.25) is 0 Å². The average Bonchev–Trinajstić information content (AvgIpc) is 2.91. The van der Waals surface area contributed by atoms with E-state index in [0.717, 1.165) is 38.5 Å². The summed E-state index contributed by atoms with van der Waals surface area (Å²) in [5.41, 5.74) is 0.396. The fraction of sp³-hybridized carbons (Fsp3) is 0.516. The van der Waals surface area contributed by atoms with Crippen molar-refractivity contribution in [2.45, 2.75) is 97.5 Å². The summed E-state index contributed by atoms with van der Waals surface area (Å²) in [7, 11) is 0. The predicted molar refractivity (Wildman–Crippen MR) is 145 cm³/mol. The van der Waals surface area contributed by atoms with Gasteiger partial charge in [0.15, 0.2) is 5.75 Å². The maximum Gasteiger partial charge on any atom is 0.343 e. The normalized spacial score (nSPS) is 11.3. The lowest BCUT2D eigenvalue weighted by atomic mass is 10.1. The van der Waals surface area contributed by atoms with Crippen LogP contribution < -0.4 is 14.2 Å². The Morgan fingerprint density at radius 3 is 2.00 bits per heavy atom. The number of ether oxygens (including phenoxy) is 3. The van der Waals surface area contributed by atoms with Gasteiger partial charge in [-0.05, 0) is 62.6 Å². The number of nitrogens with zero attached hydrogens (tertiary/aromatic N) is 2. The van der Waals surface area contributed by atoms with Crippen LogP contribution in [0.5, 0.6) is 17.2 Å². The topological polar surface area (TPSA) is 92.3 Å². The molecule has 0 aliphatic heterocycles. The molecule has 0 heterocycles. The zero-order valence-electron chi connectivity index (χ0n) is 22.6. The number of esters is 1. The summed E-state index contributed by atoms with van der Waals surface area (Å²) in [6.45, 7) is 6.97. The number of benzene rings is 2. The van der Waals surface area contributed by atoms with Crippen LogP contribution in [-0.4, -0.2) is 18.7 Å². The quantitative estimate of drug-likeness (QED) is 0.123. The molecule has 0 N–H and O–H groups in total. The second kappa shape index (κ2) is 17.0. The van der Waals surface area contributed by atoms with Crippen LogP contribution in [0.25, 0.3) is 0 Å². The molecular weight excluding hydrogens is 464 g/mol. The molecule has 0 amide bonds. The van der Waals surface area contributed by atoms with Gasteiger partial charge in [0.2, 0.25) is 0 Å². The van der Waals surface area contributed by atoms with Crippen LogP contribution in [-0.2, 0) is 0 Å². The molecule has 2 aromatic carbocycles. The van der Waals surface area contributed by atoms with Crippen LogP contribution >= 0.6 is 0 Å². The fourth-order valence-corrected chi connectivity index (χ4v) is 4.02. The second-order valence-corrected chi connectivity index (χ2v) is 9.34. The maximum atomic E-state index is 12.7. The van der Waals surface area contributed by atoms with E-state index in [4.69, 9.17) is 14.2 Å². The molecule has 2 rings (SSSR count). The summed E-state index contributed by atoms with van der Waals surface area (Å²) in [5.74, 6) is 0.449. The highest BCUT2D eigenvalue weighted by Gasteiger charge is 2.20. The van der Waals surface area contributed by atoms with Crippen LogP contribution in [0.15, 0.2) is 36.4 Å². The first-order valence-electron chi connectivity index (χ1n) is 13.6. The van der Waals surface area contributed by atoms with E-state index in [1.165, 1.54) is 38.2 Å². The Hall–Kier alpha value is -3.51. The van der Waals surface area contributed by atoms with Crippen molar-refractivity contribution in [3.8, 4) is 29.4 Å². The highest BCUT2D eigenvalue weighted by atomic mass is 16.5. The van der Waals surface area contributed by atoms with Gasteiger partial charge in [-0.25, -0.2) is 4.79 Å². The summed E-state index contributed by atoms with van der Waals surface area (Å²) in [5, 5.41) is 19.4. The first-order chi connectivity index (χ1) is 18.0. The number of carbonyl (C=O) groups excluding carboxylic acids is 1. The molecule has 1 atom stereocenters. The van der Waals surface area contributed by atoms with E-state index in [2.05, 4.69) is 13.8 Å². The van der Waals surface area contributed by atoms with Crippen molar-refractivity contribution in [2.24, 2.45) is 0 Å². The molecule has 198 valence electrons. The first-order valence-corrected chi connectivity index (χ1v) is 13.6. The van der Waals surface area contributed by atoms with Crippen LogP contribution in [0.3, 0.4) is 0 Å². The molecular formula is C31H40N2O4. The molecule has 0 spiro atoms. The van der Waals surface area contributed by atoms with Crippen molar-refractivity contribution in [3.05, 3.63) is 53.1 Å². The van der Waals surface area contributed by atoms with Gasteiger partial charge in [-0.2, -0.15) is 10.5 Å². The van der Waals surface area contributed by atoms with Crippen molar-refractivity contribution in [3.63, 3.8) is 0 Å². The molecule has 0 saturated carbocycles. The smallest absolute Gasteiger partial charge is 0.343 e. The third kappa shape index (κ3) is 10.2. The number of hydrogen-bond acceptors (Lipinski definition) is 6. The Balaban J connectivity index is 1.96. The van der Waals surface area contributed by atoms with E-state index in [-0.39, 0.29) is 23.0 Å². The maximum absolute atomic E-state index is 12.7. The summed E-state index contributed by atoms with van der Waals surface area (Å²) in [6.07, 6.45) is 12.5. The molecule has 0 fully saturated rings. The minimum absolute atomic E-state index is 0.00887. The Morgan fingerprint density at radius 2 is 1.35 bits per heavy atom. The number of nitriles is 2. The fourth-order valence-electron chi connectivity index (χ4n) is 4.02. The Bertz CT molecular complexity index is 1050. The minimum Gasteiger partial charge on any atom is -0.494 e.